The van der Waals surface area contributed by atoms with Gasteiger partial charge in [0, 0.05) is 18.2 Å². The molecule has 4 heteroatoms. The van der Waals surface area contributed by atoms with Crippen LogP contribution >= 0.6 is 12.4 Å². The van der Waals surface area contributed by atoms with Crippen molar-refractivity contribution >= 4 is 24.0 Å². The first kappa shape index (κ1) is 14.4. The van der Waals surface area contributed by atoms with E-state index in [9.17, 15) is 4.79 Å². The predicted octanol–water partition coefficient (Wildman–Crippen LogP) is 2.74. The van der Waals surface area contributed by atoms with Crippen molar-refractivity contribution in [3.05, 3.63) is 29.3 Å². The topological polar surface area (TPSA) is 41.1 Å². The van der Waals surface area contributed by atoms with Crippen LogP contribution in [-0.4, -0.2) is 12.5 Å². The van der Waals surface area contributed by atoms with Crippen molar-refractivity contribution in [3.63, 3.8) is 0 Å². The zero-order valence-electron chi connectivity index (χ0n) is 11.2. The molecule has 0 radical (unpaired) electrons. The largest absolute Gasteiger partial charge is 0.326 e. The summed E-state index contributed by atoms with van der Waals surface area (Å²) in [6.45, 7) is 4.00. The van der Waals surface area contributed by atoms with Crippen LogP contribution in [0, 0.1) is 11.8 Å². The lowest BCUT2D eigenvalue weighted by atomic mass is 10.00. The van der Waals surface area contributed by atoms with E-state index in [2.05, 4.69) is 22.8 Å². The van der Waals surface area contributed by atoms with Crippen LogP contribution < -0.4 is 10.6 Å². The molecule has 1 unspecified atom stereocenters. The zero-order chi connectivity index (χ0) is 12.5. The van der Waals surface area contributed by atoms with Gasteiger partial charge < -0.3 is 10.6 Å². The van der Waals surface area contributed by atoms with Gasteiger partial charge >= 0.3 is 0 Å². The van der Waals surface area contributed by atoms with E-state index in [1.807, 2.05) is 13.0 Å². The molecule has 1 aromatic carbocycles. The molecule has 1 saturated carbocycles. The second-order valence-electron chi connectivity index (χ2n) is 5.53. The van der Waals surface area contributed by atoms with Gasteiger partial charge in [-0.2, -0.15) is 0 Å². The fourth-order valence-electron chi connectivity index (χ4n) is 2.62. The first-order chi connectivity index (χ1) is 8.74. The SMILES string of the molecule is CC(C(=O)Nc1ccc2c(c1)CNCC2)C1CC1.Cl. The molecule has 0 bridgehead atoms. The Balaban J connectivity index is 0.00000133. The van der Waals surface area contributed by atoms with Crippen LogP contribution in [0.5, 0.6) is 0 Å². The molecule has 0 aromatic heterocycles. The second kappa shape index (κ2) is 5.93. The van der Waals surface area contributed by atoms with Gasteiger partial charge in [0.15, 0.2) is 0 Å². The third-order valence-corrected chi connectivity index (χ3v) is 4.10. The van der Waals surface area contributed by atoms with Crippen LogP contribution in [0.4, 0.5) is 5.69 Å². The Labute approximate surface area is 120 Å². The Morgan fingerprint density at radius 3 is 2.89 bits per heavy atom. The third kappa shape index (κ3) is 3.28. The third-order valence-electron chi connectivity index (χ3n) is 4.10. The van der Waals surface area contributed by atoms with Crippen LogP contribution in [0.3, 0.4) is 0 Å². The molecule has 1 aliphatic carbocycles. The zero-order valence-corrected chi connectivity index (χ0v) is 12.1. The minimum absolute atomic E-state index is 0. The van der Waals surface area contributed by atoms with Gasteiger partial charge in [-0.25, -0.2) is 0 Å². The lowest BCUT2D eigenvalue weighted by Gasteiger charge is -2.18. The first-order valence-electron chi connectivity index (χ1n) is 6.87. The number of rotatable bonds is 3. The highest BCUT2D eigenvalue weighted by Gasteiger charge is 2.32. The molecule has 1 heterocycles. The van der Waals surface area contributed by atoms with Crippen LogP contribution in [0.25, 0.3) is 0 Å². The molecule has 1 fully saturated rings. The summed E-state index contributed by atoms with van der Waals surface area (Å²) in [5, 5.41) is 6.41. The monoisotopic (exact) mass is 280 g/mol. The van der Waals surface area contributed by atoms with Crippen molar-refractivity contribution in [1.82, 2.24) is 5.32 Å². The smallest absolute Gasteiger partial charge is 0.227 e. The summed E-state index contributed by atoms with van der Waals surface area (Å²) in [4.78, 5) is 12.0. The van der Waals surface area contributed by atoms with Crippen molar-refractivity contribution in [1.29, 1.82) is 0 Å². The number of anilines is 1. The van der Waals surface area contributed by atoms with Crippen LogP contribution in [-0.2, 0) is 17.8 Å². The standard InChI is InChI=1S/C15H20N2O.ClH/c1-10(11-2-3-11)15(18)17-14-5-4-12-6-7-16-9-13(12)8-14;/h4-5,8,10-11,16H,2-3,6-7,9H2,1H3,(H,17,18);1H. The quantitative estimate of drug-likeness (QED) is 0.894. The summed E-state index contributed by atoms with van der Waals surface area (Å²) in [7, 11) is 0. The summed E-state index contributed by atoms with van der Waals surface area (Å²) in [5.41, 5.74) is 3.66. The normalized spacial score (nSPS) is 19.0. The summed E-state index contributed by atoms with van der Waals surface area (Å²) in [6, 6.07) is 6.29. The number of amides is 1. The maximum atomic E-state index is 12.0. The highest BCUT2D eigenvalue weighted by atomic mass is 35.5. The Bertz CT molecular complexity index is 471. The molecule has 104 valence electrons. The highest BCUT2D eigenvalue weighted by molar-refractivity contribution is 5.92. The Kier molecular flexibility index (Phi) is 4.48. The van der Waals surface area contributed by atoms with E-state index in [0.29, 0.717) is 5.92 Å². The maximum Gasteiger partial charge on any atom is 0.227 e. The number of nitrogens with one attached hydrogen (secondary N) is 2. The van der Waals surface area contributed by atoms with Crippen LogP contribution in [0.15, 0.2) is 18.2 Å². The van der Waals surface area contributed by atoms with E-state index in [0.717, 1.165) is 25.2 Å². The minimum Gasteiger partial charge on any atom is -0.326 e. The van der Waals surface area contributed by atoms with Gasteiger partial charge in [-0.05, 0) is 55.0 Å². The average molecular weight is 281 g/mol. The molecule has 1 aromatic rings. The van der Waals surface area contributed by atoms with Crippen molar-refractivity contribution in [2.24, 2.45) is 11.8 Å². The predicted molar refractivity (Wildman–Crippen MR) is 79.6 cm³/mol. The second-order valence-corrected chi connectivity index (χ2v) is 5.53. The van der Waals surface area contributed by atoms with E-state index in [-0.39, 0.29) is 24.2 Å². The fraction of sp³-hybridized carbons (Fsp3) is 0.533. The fourth-order valence-corrected chi connectivity index (χ4v) is 2.62. The van der Waals surface area contributed by atoms with Gasteiger partial charge in [0.2, 0.25) is 5.91 Å². The Morgan fingerprint density at radius 2 is 2.16 bits per heavy atom. The lowest BCUT2D eigenvalue weighted by molar-refractivity contribution is -0.119. The van der Waals surface area contributed by atoms with Crippen molar-refractivity contribution in [2.75, 3.05) is 11.9 Å². The van der Waals surface area contributed by atoms with Gasteiger partial charge in [0.05, 0.1) is 0 Å². The molecule has 1 aliphatic heterocycles. The summed E-state index contributed by atoms with van der Waals surface area (Å²) >= 11 is 0. The van der Waals surface area contributed by atoms with Gasteiger partial charge in [-0.3, -0.25) is 4.79 Å². The van der Waals surface area contributed by atoms with Crippen molar-refractivity contribution in [3.8, 4) is 0 Å². The van der Waals surface area contributed by atoms with Gasteiger partial charge in [0.1, 0.15) is 0 Å². The molecule has 2 N–H and O–H groups in total. The summed E-state index contributed by atoms with van der Waals surface area (Å²) < 4.78 is 0. The number of hydrogen-bond acceptors (Lipinski definition) is 2. The number of carbonyl (C=O) groups excluding carboxylic acids is 1. The molecule has 3 nitrogen and oxygen atoms in total. The number of benzene rings is 1. The number of carbonyl (C=O) groups is 1. The molecule has 3 rings (SSSR count). The summed E-state index contributed by atoms with van der Waals surface area (Å²) in [6.07, 6.45) is 3.51. The molecular formula is C15H21ClN2O. The van der Waals surface area contributed by atoms with Crippen molar-refractivity contribution < 1.29 is 4.79 Å². The molecule has 2 aliphatic rings. The molecule has 1 atom stereocenters. The number of hydrogen-bond donors (Lipinski definition) is 2. The Hall–Kier alpha value is -1.06. The van der Waals surface area contributed by atoms with E-state index >= 15 is 0 Å². The van der Waals surface area contributed by atoms with Crippen LogP contribution in [0.2, 0.25) is 0 Å². The Morgan fingerprint density at radius 1 is 1.37 bits per heavy atom. The average Bonchev–Trinajstić information content (AvgIpc) is 3.22. The van der Waals surface area contributed by atoms with E-state index in [1.165, 1.54) is 24.0 Å². The molecule has 19 heavy (non-hydrogen) atoms. The van der Waals surface area contributed by atoms with E-state index < -0.39 is 0 Å². The maximum absolute atomic E-state index is 12.0. The molecule has 0 spiro atoms. The van der Waals surface area contributed by atoms with Gasteiger partial charge in [-0.1, -0.05) is 13.0 Å². The molecular weight excluding hydrogens is 260 g/mol. The number of fused-ring (bicyclic) bond motifs is 1. The summed E-state index contributed by atoms with van der Waals surface area (Å²) in [5.74, 6) is 0.935. The van der Waals surface area contributed by atoms with E-state index in [1.54, 1.807) is 0 Å². The minimum atomic E-state index is 0. The van der Waals surface area contributed by atoms with Gasteiger partial charge in [-0.15, -0.1) is 12.4 Å². The number of halogens is 1. The molecule has 1 amide bonds. The highest BCUT2D eigenvalue weighted by Crippen LogP contribution is 2.37. The molecule has 0 saturated heterocycles. The first-order valence-corrected chi connectivity index (χ1v) is 6.87. The van der Waals surface area contributed by atoms with Crippen molar-refractivity contribution in [2.45, 2.75) is 32.7 Å². The van der Waals surface area contributed by atoms with Gasteiger partial charge in [0.25, 0.3) is 0 Å². The van der Waals surface area contributed by atoms with Crippen LogP contribution in [0.1, 0.15) is 30.9 Å². The lowest BCUT2D eigenvalue weighted by Crippen LogP contribution is -2.25. The van der Waals surface area contributed by atoms with E-state index in [4.69, 9.17) is 0 Å².